The first-order valence-electron chi connectivity index (χ1n) is 10.7. The molecule has 3 aromatic carbocycles. The Morgan fingerprint density at radius 1 is 0.939 bits per heavy atom. The van der Waals surface area contributed by atoms with Gasteiger partial charge in [-0.2, -0.15) is 13.2 Å². The second kappa shape index (κ2) is 7.75. The number of amides is 1. The van der Waals surface area contributed by atoms with E-state index in [1.807, 2.05) is 24.3 Å². The highest BCUT2D eigenvalue weighted by atomic mass is 19.4. The van der Waals surface area contributed by atoms with Crippen molar-refractivity contribution in [3.05, 3.63) is 80.9 Å². The molecule has 1 fully saturated rings. The van der Waals surface area contributed by atoms with E-state index in [4.69, 9.17) is 0 Å². The lowest BCUT2D eigenvalue weighted by atomic mass is 9.99. The molecule has 1 aliphatic carbocycles. The van der Waals surface area contributed by atoms with Gasteiger partial charge in [-0.15, -0.1) is 0 Å². The number of halogens is 3. The maximum atomic E-state index is 13.3. The summed E-state index contributed by atoms with van der Waals surface area (Å²) in [5.74, 6) is -0.104. The molecule has 170 valence electrons. The zero-order chi connectivity index (χ0) is 23.3. The molecule has 5 rings (SSSR count). The summed E-state index contributed by atoms with van der Waals surface area (Å²) in [5.41, 5.74) is 1.61. The zero-order valence-corrected chi connectivity index (χ0v) is 17.6. The Bertz CT molecular complexity index is 1270. The van der Waals surface area contributed by atoms with Gasteiger partial charge in [0.2, 0.25) is 0 Å². The van der Waals surface area contributed by atoms with Gasteiger partial charge < -0.3 is 9.80 Å². The predicted octanol–water partition coefficient (Wildman–Crippen LogP) is 4.83. The number of piperazine rings is 1. The highest BCUT2D eigenvalue weighted by molar-refractivity contribution is 6.09. The maximum Gasteiger partial charge on any atom is 0.416 e. The van der Waals surface area contributed by atoms with E-state index in [2.05, 4.69) is 6.07 Å². The van der Waals surface area contributed by atoms with Crippen molar-refractivity contribution < 1.29 is 22.9 Å². The van der Waals surface area contributed by atoms with Gasteiger partial charge in [-0.3, -0.25) is 14.9 Å². The van der Waals surface area contributed by atoms with Crippen LogP contribution in [0, 0.1) is 10.1 Å². The molecule has 0 aromatic heterocycles. The quantitative estimate of drug-likeness (QED) is 0.419. The van der Waals surface area contributed by atoms with E-state index >= 15 is 0 Å². The molecule has 1 heterocycles. The standard InChI is InChI=1S/C24H20F3N3O3/c25-24(26,27)17-7-9-20(21(14-17)30(32)33)28-10-12-29(13-11-28)23(31)19-8-6-16-5-4-15-2-1-3-18(19)22(15)16/h1-3,6-9,14H,4-5,10-13H2. The van der Waals surface area contributed by atoms with E-state index in [-0.39, 0.29) is 11.6 Å². The third-order valence-corrected chi connectivity index (χ3v) is 6.51. The number of hydrogen-bond donors (Lipinski definition) is 0. The number of anilines is 1. The summed E-state index contributed by atoms with van der Waals surface area (Å²) in [7, 11) is 0. The molecule has 0 unspecified atom stereocenters. The zero-order valence-electron chi connectivity index (χ0n) is 17.6. The van der Waals surface area contributed by atoms with Crippen LogP contribution in [-0.2, 0) is 19.0 Å². The minimum Gasteiger partial charge on any atom is -0.362 e. The molecular formula is C24H20F3N3O3. The Hall–Kier alpha value is -3.62. The molecule has 33 heavy (non-hydrogen) atoms. The molecule has 3 aromatic rings. The number of nitrogens with zero attached hydrogens (tertiary/aromatic N) is 3. The Morgan fingerprint density at radius 2 is 1.64 bits per heavy atom. The predicted molar refractivity (Wildman–Crippen MR) is 118 cm³/mol. The second-order valence-corrected chi connectivity index (χ2v) is 8.35. The molecule has 0 atom stereocenters. The number of alkyl halides is 3. The van der Waals surface area contributed by atoms with Gasteiger partial charge >= 0.3 is 6.18 Å². The van der Waals surface area contributed by atoms with Crippen LogP contribution in [0.15, 0.2) is 48.5 Å². The summed E-state index contributed by atoms with van der Waals surface area (Å²) in [6.07, 6.45) is -2.72. The van der Waals surface area contributed by atoms with Gasteiger partial charge in [-0.1, -0.05) is 24.3 Å². The molecule has 0 N–H and O–H groups in total. The summed E-state index contributed by atoms with van der Waals surface area (Å²) in [6, 6.07) is 12.4. The van der Waals surface area contributed by atoms with Crippen molar-refractivity contribution in [3.8, 4) is 0 Å². The highest BCUT2D eigenvalue weighted by Crippen LogP contribution is 2.37. The maximum absolute atomic E-state index is 13.3. The summed E-state index contributed by atoms with van der Waals surface area (Å²) >= 11 is 0. The number of rotatable bonds is 3. The van der Waals surface area contributed by atoms with Crippen molar-refractivity contribution in [2.24, 2.45) is 0 Å². The van der Waals surface area contributed by atoms with Gasteiger partial charge in [-0.05, 0) is 52.9 Å². The van der Waals surface area contributed by atoms with Crippen molar-refractivity contribution in [3.63, 3.8) is 0 Å². The molecule has 0 bridgehead atoms. The van der Waals surface area contributed by atoms with Crippen LogP contribution in [-0.4, -0.2) is 41.9 Å². The van der Waals surface area contributed by atoms with E-state index in [0.717, 1.165) is 35.7 Å². The fourth-order valence-electron chi connectivity index (χ4n) is 4.87. The number of carbonyl (C=O) groups is 1. The fourth-order valence-corrected chi connectivity index (χ4v) is 4.87. The molecule has 2 aliphatic rings. The number of nitro groups is 1. The lowest BCUT2D eigenvalue weighted by molar-refractivity contribution is -0.384. The normalized spacial score (nSPS) is 15.8. The van der Waals surface area contributed by atoms with E-state index in [9.17, 15) is 28.1 Å². The SMILES string of the molecule is O=C(c1ccc2c3c(cccc13)CC2)N1CCN(c2ccc(C(F)(F)F)cc2[N+](=O)[O-])CC1. The van der Waals surface area contributed by atoms with E-state index in [1.54, 1.807) is 9.80 Å². The minimum atomic E-state index is -4.66. The average molecular weight is 455 g/mol. The summed E-state index contributed by atoms with van der Waals surface area (Å²) in [4.78, 5) is 27.3. The van der Waals surface area contributed by atoms with Crippen molar-refractivity contribution in [1.82, 2.24) is 4.90 Å². The van der Waals surface area contributed by atoms with Crippen LogP contribution < -0.4 is 4.90 Å². The van der Waals surface area contributed by atoms with Crippen LogP contribution in [0.3, 0.4) is 0 Å². The molecule has 1 saturated heterocycles. The summed E-state index contributed by atoms with van der Waals surface area (Å²) in [5, 5.41) is 13.5. The van der Waals surface area contributed by atoms with Crippen LogP contribution >= 0.6 is 0 Å². The monoisotopic (exact) mass is 455 g/mol. The van der Waals surface area contributed by atoms with Gasteiger partial charge in [0.1, 0.15) is 5.69 Å². The number of carbonyl (C=O) groups excluding carboxylic acids is 1. The minimum absolute atomic E-state index is 0.104. The lowest BCUT2D eigenvalue weighted by Gasteiger charge is -2.36. The fraction of sp³-hybridized carbons (Fsp3) is 0.292. The van der Waals surface area contributed by atoms with Crippen molar-refractivity contribution in [2.75, 3.05) is 31.1 Å². The van der Waals surface area contributed by atoms with Crippen molar-refractivity contribution in [2.45, 2.75) is 19.0 Å². The first kappa shape index (κ1) is 21.2. The molecular weight excluding hydrogens is 435 g/mol. The van der Waals surface area contributed by atoms with E-state index in [0.29, 0.717) is 37.8 Å². The van der Waals surface area contributed by atoms with Gasteiger partial charge in [0.05, 0.1) is 10.5 Å². The van der Waals surface area contributed by atoms with E-state index < -0.39 is 22.4 Å². The van der Waals surface area contributed by atoms with Crippen LogP contribution in [0.5, 0.6) is 0 Å². The number of hydrogen-bond acceptors (Lipinski definition) is 4. The van der Waals surface area contributed by atoms with Gasteiger partial charge in [0.15, 0.2) is 0 Å². The molecule has 0 saturated carbocycles. The highest BCUT2D eigenvalue weighted by Gasteiger charge is 2.34. The topological polar surface area (TPSA) is 66.7 Å². The van der Waals surface area contributed by atoms with Crippen molar-refractivity contribution >= 4 is 28.1 Å². The molecule has 0 radical (unpaired) electrons. The first-order chi connectivity index (χ1) is 15.7. The van der Waals surface area contributed by atoms with Crippen LogP contribution in [0.4, 0.5) is 24.5 Å². The van der Waals surface area contributed by atoms with Crippen LogP contribution in [0.2, 0.25) is 0 Å². The van der Waals surface area contributed by atoms with Crippen molar-refractivity contribution in [1.29, 1.82) is 0 Å². The Balaban J connectivity index is 1.37. The third-order valence-electron chi connectivity index (χ3n) is 6.51. The number of aryl methyl sites for hydroxylation is 2. The first-order valence-corrected chi connectivity index (χ1v) is 10.7. The van der Waals surface area contributed by atoms with Gasteiger partial charge in [-0.25, -0.2) is 0 Å². The lowest BCUT2D eigenvalue weighted by Crippen LogP contribution is -2.49. The molecule has 1 aliphatic heterocycles. The summed E-state index contributed by atoms with van der Waals surface area (Å²) in [6.45, 7) is 1.22. The molecule has 6 nitrogen and oxygen atoms in total. The number of benzene rings is 3. The Labute approximate surface area is 187 Å². The van der Waals surface area contributed by atoms with Gasteiger partial charge in [0, 0.05) is 37.8 Å². The Morgan fingerprint density at radius 3 is 2.30 bits per heavy atom. The van der Waals surface area contributed by atoms with Gasteiger partial charge in [0.25, 0.3) is 11.6 Å². The second-order valence-electron chi connectivity index (χ2n) is 8.35. The average Bonchev–Trinajstić information content (AvgIpc) is 3.23. The Kier molecular flexibility index (Phi) is 4.99. The molecule has 0 spiro atoms. The summed E-state index contributed by atoms with van der Waals surface area (Å²) < 4.78 is 39.0. The largest absolute Gasteiger partial charge is 0.416 e. The van der Waals surface area contributed by atoms with E-state index in [1.165, 1.54) is 11.1 Å². The third kappa shape index (κ3) is 3.67. The van der Waals surface area contributed by atoms with Crippen LogP contribution in [0.1, 0.15) is 27.0 Å². The smallest absolute Gasteiger partial charge is 0.362 e. The van der Waals surface area contributed by atoms with Crippen LogP contribution in [0.25, 0.3) is 10.8 Å². The molecule has 9 heteroatoms. The number of nitro benzene ring substituents is 1. The molecule has 1 amide bonds.